The molecule has 10 heteroatoms. The molecule has 3 amide bonds. The fourth-order valence-corrected chi connectivity index (χ4v) is 2.77. The van der Waals surface area contributed by atoms with Gasteiger partial charge in [0.1, 0.15) is 12.9 Å². The molecular weight excluding hydrogens is 352 g/mol. The summed E-state index contributed by atoms with van der Waals surface area (Å²) in [7, 11) is 1.62. The highest BCUT2D eigenvalue weighted by Crippen LogP contribution is 2.22. The lowest BCUT2D eigenvalue weighted by atomic mass is 10.2. The number of benzene rings is 1. The van der Waals surface area contributed by atoms with E-state index >= 15 is 0 Å². The molecule has 0 radical (unpaired) electrons. The Balaban J connectivity index is 1.61. The molecule has 2 aromatic rings. The second-order valence-electron chi connectivity index (χ2n) is 6.01. The standard InChI is InChI=1S/C17H22N6O4/c1-12(15-21-18-11-22(15)6-8-26-2)19-16(24)20-13-4-3-5-14(10-13)23-7-9-27-17(23)25/h3-5,10-12H,6-9H2,1-2H3,(H2,19,20,24)/t12-/m0/s1. The van der Waals surface area contributed by atoms with E-state index in [4.69, 9.17) is 9.47 Å². The quantitative estimate of drug-likeness (QED) is 0.764. The number of hydrogen-bond acceptors (Lipinski definition) is 6. The van der Waals surface area contributed by atoms with Gasteiger partial charge >= 0.3 is 12.1 Å². The van der Waals surface area contributed by atoms with Crippen LogP contribution in [-0.4, -0.2) is 53.8 Å². The number of hydrogen-bond donors (Lipinski definition) is 2. The first-order chi connectivity index (χ1) is 13.1. The summed E-state index contributed by atoms with van der Waals surface area (Å²) < 4.78 is 11.8. The zero-order valence-corrected chi connectivity index (χ0v) is 15.2. The maximum Gasteiger partial charge on any atom is 0.414 e. The summed E-state index contributed by atoms with van der Waals surface area (Å²) in [6, 6.07) is 6.29. The number of carbonyl (C=O) groups is 2. The van der Waals surface area contributed by atoms with Gasteiger partial charge in [-0.05, 0) is 25.1 Å². The summed E-state index contributed by atoms with van der Waals surface area (Å²) in [6.45, 7) is 3.79. The average Bonchev–Trinajstić information content (AvgIpc) is 3.28. The third-order valence-corrected chi connectivity index (χ3v) is 4.09. The topological polar surface area (TPSA) is 111 Å². The van der Waals surface area contributed by atoms with Gasteiger partial charge in [-0.1, -0.05) is 6.07 Å². The number of nitrogens with zero attached hydrogens (tertiary/aromatic N) is 4. The highest BCUT2D eigenvalue weighted by molar-refractivity contribution is 5.93. The fraction of sp³-hybridized carbons (Fsp3) is 0.412. The van der Waals surface area contributed by atoms with Crippen LogP contribution in [0, 0.1) is 0 Å². The Morgan fingerprint density at radius 3 is 3.04 bits per heavy atom. The Hall–Kier alpha value is -3.14. The van der Waals surface area contributed by atoms with Crippen molar-refractivity contribution < 1.29 is 19.1 Å². The molecule has 2 N–H and O–H groups in total. The van der Waals surface area contributed by atoms with E-state index in [1.807, 2.05) is 11.5 Å². The predicted molar refractivity (Wildman–Crippen MR) is 97.6 cm³/mol. The number of rotatable bonds is 7. The number of amides is 3. The number of nitrogens with one attached hydrogen (secondary N) is 2. The van der Waals surface area contributed by atoms with Crippen molar-refractivity contribution >= 4 is 23.5 Å². The summed E-state index contributed by atoms with van der Waals surface area (Å²) in [5.74, 6) is 0.635. The number of aromatic nitrogens is 3. The number of carbonyl (C=O) groups excluding carboxylic acids is 2. The van der Waals surface area contributed by atoms with E-state index in [1.165, 1.54) is 4.90 Å². The van der Waals surface area contributed by atoms with Gasteiger partial charge in [0.2, 0.25) is 0 Å². The normalized spacial score (nSPS) is 14.7. The van der Waals surface area contributed by atoms with E-state index in [1.54, 1.807) is 37.7 Å². The number of methoxy groups -OCH3 is 1. The lowest BCUT2D eigenvalue weighted by Gasteiger charge is -2.17. The SMILES string of the molecule is COCCn1cnnc1[C@H](C)NC(=O)Nc1cccc(N2CCOC2=O)c1. The Morgan fingerprint density at radius 1 is 1.44 bits per heavy atom. The summed E-state index contributed by atoms with van der Waals surface area (Å²) in [4.78, 5) is 25.5. The summed E-state index contributed by atoms with van der Waals surface area (Å²) in [5, 5.41) is 13.5. The van der Waals surface area contributed by atoms with Crippen LogP contribution < -0.4 is 15.5 Å². The van der Waals surface area contributed by atoms with Crippen molar-refractivity contribution in [3.05, 3.63) is 36.4 Å². The first-order valence-corrected chi connectivity index (χ1v) is 8.57. The molecule has 1 aliphatic heterocycles. The van der Waals surface area contributed by atoms with Crippen molar-refractivity contribution in [3.8, 4) is 0 Å². The minimum atomic E-state index is -0.388. The third kappa shape index (κ3) is 4.53. The zero-order chi connectivity index (χ0) is 19.2. The molecule has 0 unspecified atom stereocenters. The molecule has 10 nitrogen and oxygen atoms in total. The highest BCUT2D eigenvalue weighted by atomic mass is 16.6. The molecule has 0 bridgehead atoms. The third-order valence-electron chi connectivity index (χ3n) is 4.09. The van der Waals surface area contributed by atoms with E-state index in [0.29, 0.717) is 43.5 Å². The van der Waals surface area contributed by atoms with E-state index in [0.717, 1.165) is 0 Å². The van der Waals surface area contributed by atoms with Crippen LogP contribution in [0.3, 0.4) is 0 Å². The zero-order valence-electron chi connectivity index (χ0n) is 15.2. The summed E-state index contributed by atoms with van der Waals surface area (Å²) in [6.07, 6.45) is 1.21. The molecule has 1 atom stereocenters. The van der Waals surface area contributed by atoms with Crippen LogP contribution in [0.15, 0.2) is 30.6 Å². The Morgan fingerprint density at radius 2 is 2.30 bits per heavy atom. The fourth-order valence-electron chi connectivity index (χ4n) is 2.77. The largest absolute Gasteiger partial charge is 0.447 e. The van der Waals surface area contributed by atoms with E-state index in [9.17, 15) is 9.59 Å². The van der Waals surface area contributed by atoms with Crippen LogP contribution >= 0.6 is 0 Å². The molecule has 3 rings (SSSR count). The molecule has 2 heterocycles. The average molecular weight is 374 g/mol. The van der Waals surface area contributed by atoms with Crippen LogP contribution in [0.1, 0.15) is 18.8 Å². The first-order valence-electron chi connectivity index (χ1n) is 8.57. The van der Waals surface area contributed by atoms with E-state index < -0.39 is 0 Å². The van der Waals surface area contributed by atoms with Crippen molar-refractivity contribution in [2.24, 2.45) is 0 Å². The van der Waals surface area contributed by atoms with Crippen LogP contribution in [0.5, 0.6) is 0 Å². The van der Waals surface area contributed by atoms with Crippen LogP contribution in [0.2, 0.25) is 0 Å². The number of ether oxygens (including phenoxy) is 2. The van der Waals surface area contributed by atoms with Crippen LogP contribution in [-0.2, 0) is 16.0 Å². The summed E-state index contributed by atoms with van der Waals surface area (Å²) in [5.41, 5.74) is 1.24. The molecule has 1 aromatic heterocycles. The van der Waals surface area contributed by atoms with Gasteiger partial charge in [-0.2, -0.15) is 0 Å². The number of anilines is 2. The van der Waals surface area contributed by atoms with Gasteiger partial charge < -0.3 is 24.7 Å². The first kappa shape index (κ1) is 18.6. The van der Waals surface area contributed by atoms with Crippen LogP contribution in [0.4, 0.5) is 21.0 Å². The molecular formula is C17H22N6O4. The van der Waals surface area contributed by atoms with E-state index in [-0.39, 0.29) is 18.2 Å². The predicted octanol–water partition coefficient (Wildman–Crippen LogP) is 1.76. The van der Waals surface area contributed by atoms with Gasteiger partial charge in [0.05, 0.1) is 19.2 Å². The van der Waals surface area contributed by atoms with Crippen molar-refractivity contribution in [2.45, 2.75) is 19.5 Å². The maximum atomic E-state index is 12.3. The molecule has 0 saturated carbocycles. The van der Waals surface area contributed by atoms with Crippen molar-refractivity contribution in [3.63, 3.8) is 0 Å². The van der Waals surface area contributed by atoms with E-state index in [2.05, 4.69) is 20.8 Å². The molecule has 1 saturated heterocycles. The van der Waals surface area contributed by atoms with Gasteiger partial charge in [0, 0.05) is 25.0 Å². The van der Waals surface area contributed by atoms with Crippen molar-refractivity contribution in [1.82, 2.24) is 20.1 Å². The van der Waals surface area contributed by atoms with Gasteiger partial charge in [-0.25, -0.2) is 9.59 Å². The molecule has 1 aliphatic rings. The minimum absolute atomic E-state index is 0.346. The Kier molecular flexibility index (Phi) is 5.87. The lowest BCUT2D eigenvalue weighted by molar-refractivity contribution is 0.181. The molecule has 0 spiro atoms. The second-order valence-corrected chi connectivity index (χ2v) is 6.01. The number of urea groups is 1. The molecule has 0 aliphatic carbocycles. The smallest absolute Gasteiger partial charge is 0.414 e. The highest BCUT2D eigenvalue weighted by Gasteiger charge is 2.23. The van der Waals surface area contributed by atoms with Crippen LogP contribution in [0.25, 0.3) is 0 Å². The van der Waals surface area contributed by atoms with Gasteiger partial charge in [0.25, 0.3) is 0 Å². The Labute approximate surface area is 156 Å². The summed E-state index contributed by atoms with van der Waals surface area (Å²) >= 11 is 0. The van der Waals surface area contributed by atoms with Gasteiger partial charge in [0.15, 0.2) is 5.82 Å². The molecule has 144 valence electrons. The van der Waals surface area contributed by atoms with Gasteiger partial charge in [-0.15, -0.1) is 10.2 Å². The Bertz CT molecular complexity index is 808. The minimum Gasteiger partial charge on any atom is -0.447 e. The van der Waals surface area contributed by atoms with Gasteiger partial charge in [-0.3, -0.25) is 4.90 Å². The second kappa shape index (κ2) is 8.49. The number of cyclic esters (lactones) is 1. The van der Waals surface area contributed by atoms with Crippen molar-refractivity contribution in [2.75, 3.05) is 37.1 Å². The molecule has 1 fully saturated rings. The molecule has 1 aromatic carbocycles. The monoisotopic (exact) mass is 374 g/mol. The lowest BCUT2D eigenvalue weighted by Crippen LogP contribution is -2.33. The van der Waals surface area contributed by atoms with Crippen molar-refractivity contribution in [1.29, 1.82) is 0 Å². The molecule has 27 heavy (non-hydrogen) atoms. The maximum absolute atomic E-state index is 12.3.